The van der Waals surface area contributed by atoms with Crippen molar-refractivity contribution in [2.75, 3.05) is 25.0 Å². The van der Waals surface area contributed by atoms with Gasteiger partial charge in [-0.2, -0.15) is 0 Å². The van der Waals surface area contributed by atoms with E-state index in [9.17, 15) is 4.79 Å². The predicted molar refractivity (Wildman–Crippen MR) is 97.5 cm³/mol. The summed E-state index contributed by atoms with van der Waals surface area (Å²) in [5, 5.41) is 6.45. The summed E-state index contributed by atoms with van der Waals surface area (Å²) in [6.45, 7) is 2.37. The lowest BCUT2D eigenvalue weighted by molar-refractivity contribution is 0.0277. The highest BCUT2D eigenvalue weighted by molar-refractivity contribution is 6.33. The fourth-order valence-electron chi connectivity index (χ4n) is 2.36. The van der Waals surface area contributed by atoms with Crippen LogP contribution in [0.15, 0.2) is 36.4 Å². The van der Waals surface area contributed by atoms with E-state index in [0.29, 0.717) is 17.9 Å². The summed E-state index contributed by atoms with van der Waals surface area (Å²) in [5.41, 5.74) is 2.12. The zero-order valence-corrected chi connectivity index (χ0v) is 14.9. The van der Waals surface area contributed by atoms with Crippen molar-refractivity contribution in [1.82, 2.24) is 10.3 Å². The van der Waals surface area contributed by atoms with Crippen LogP contribution < -0.4 is 10.6 Å². The van der Waals surface area contributed by atoms with Crippen LogP contribution in [0.4, 0.5) is 5.69 Å². The minimum Gasteiger partial charge on any atom is -0.371 e. The number of benzene rings is 1. The Morgan fingerprint density at radius 3 is 2.46 bits per heavy atom. The fourth-order valence-corrected chi connectivity index (χ4v) is 2.82. The van der Waals surface area contributed by atoms with Crippen molar-refractivity contribution < 1.29 is 9.53 Å². The quantitative estimate of drug-likeness (QED) is 0.787. The van der Waals surface area contributed by atoms with E-state index in [0.717, 1.165) is 18.7 Å². The highest BCUT2D eigenvalue weighted by Crippen LogP contribution is 2.21. The number of morpholine rings is 1. The van der Waals surface area contributed by atoms with E-state index in [1.165, 1.54) is 12.1 Å². The zero-order chi connectivity index (χ0) is 16.2. The average Bonchev–Trinajstić information content (AvgIpc) is 2.55. The highest BCUT2D eigenvalue weighted by atomic mass is 35.5. The Labute approximate surface area is 156 Å². The third-order valence-corrected chi connectivity index (χ3v) is 3.88. The first kappa shape index (κ1) is 19.0. The zero-order valence-electron chi connectivity index (χ0n) is 12.6. The molecule has 0 spiro atoms. The summed E-state index contributed by atoms with van der Waals surface area (Å²) in [7, 11) is 0. The Kier molecular flexibility index (Phi) is 6.83. The van der Waals surface area contributed by atoms with Crippen LogP contribution in [0.1, 0.15) is 22.0 Å². The molecule has 2 aromatic rings. The van der Waals surface area contributed by atoms with E-state index >= 15 is 0 Å². The number of pyridine rings is 1. The van der Waals surface area contributed by atoms with Crippen LogP contribution in [-0.4, -0.2) is 30.6 Å². The van der Waals surface area contributed by atoms with E-state index in [4.69, 9.17) is 27.9 Å². The van der Waals surface area contributed by atoms with E-state index in [-0.39, 0.29) is 34.7 Å². The van der Waals surface area contributed by atoms with E-state index < -0.39 is 0 Å². The van der Waals surface area contributed by atoms with Crippen LogP contribution in [0.25, 0.3) is 0 Å². The van der Waals surface area contributed by atoms with Crippen LogP contribution >= 0.6 is 35.6 Å². The number of halogens is 3. The summed E-state index contributed by atoms with van der Waals surface area (Å²) >= 11 is 11.6. The van der Waals surface area contributed by atoms with E-state index in [1.807, 2.05) is 24.3 Å². The number of aromatic nitrogens is 1. The monoisotopic (exact) mass is 387 g/mol. The number of carbonyl (C=O) groups is 1. The Morgan fingerprint density at radius 1 is 1.21 bits per heavy atom. The molecule has 3 rings (SSSR count). The Balaban J connectivity index is 0.00000208. The van der Waals surface area contributed by atoms with Crippen LogP contribution in [-0.2, 0) is 4.74 Å². The smallest absolute Gasteiger partial charge is 0.255 e. The Bertz CT molecular complexity index is 684. The summed E-state index contributed by atoms with van der Waals surface area (Å²) in [5.74, 6) is -0.292. The number of ether oxygens (including phenoxy) is 1. The second-order valence-corrected chi connectivity index (χ2v) is 5.92. The fraction of sp³-hybridized carbons (Fsp3) is 0.250. The molecule has 1 aliphatic rings. The van der Waals surface area contributed by atoms with Gasteiger partial charge in [0.25, 0.3) is 5.91 Å². The topological polar surface area (TPSA) is 63.2 Å². The van der Waals surface area contributed by atoms with Crippen molar-refractivity contribution in [1.29, 1.82) is 0 Å². The van der Waals surface area contributed by atoms with Crippen molar-refractivity contribution in [2.45, 2.75) is 6.10 Å². The molecule has 1 saturated heterocycles. The number of rotatable bonds is 3. The van der Waals surface area contributed by atoms with Gasteiger partial charge in [-0.1, -0.05) is 35.3 Å². The molecule has 0 saturated carbocycles. The first-order chi connectivity index (χ1) is 11.1. The van der Waals surface area contributed by atoms with Gasteiger partial charge in [0.05, 0.1) is 12.7 Å². The number of carbonyl (C=O) groups excluding carboxylic acids is 1. The third-order valence-electron chi connectivity index (χ3n) is 3.49. The van der Waals surface area contributed by atoms with Crippen molar-refractivity contribution in [2.24, 2.45) is 0 Å². The van der Waals surface area contributed by atoms with Gasteiger partial charge in [-0.3, -0.25) is 4.79 Å². The lowest BCUT2D eigenvalue weighted by atomic mass is 10.1. The molecule has 2 N–H and O–H groups in total. The summed E-state index contributed by atoms with van der Waals surface area (Å²) in [4.78, 5) is 16.0. The maximum atomic E-state index is 12.2. The summed E-state index contributed by atoms with van der Waals surface area (Å²) in [6, 6.07) is 10.5. The molecule has 0 radical (unpaired) electrons. The molecule has 1 fully saturated rings. The van der Waals surface area contributed by atoms with Gasteiger partial charge >= 0.3 is 0 Å². The lowest BCUT2D eigenvalue weighted by Crippen LogP contribution is -2.33. The van der Waals surface area contributed by atoms with Crippen LogP contribution in [0.5, 0.6) is 0 Å². The third kappa shape index (κ3) is 4.82. The summed E-state index contributed by atoms with van der Waals surface area (Å²) in [6.07, 6.45) is 0.0475. The SMILES string of the molecule is Cl.O=C(Nc1ccc([C@H]2CNCCO2)cc1)c1cc(Cl)nc(Cl)c1. The molecule has 2 heterocycles. The number of nitrogens with one attached hydrogen (secondary N) is 2. The van der Waals surface area contributed by atoms with Crippen molar-refractivity contribution in [3.63, 3.8) is 0 Å². The number of amides is 1. The molecule has 8 heteroatoms. The molecule has 1 aromatic carbocycles. The van der Waals surface area contributed by atoms with Gasteiger partial charge in [0.2, 0.25) is 0 Å². The first-order valence-electron chi connectivity index (χ1n) is 7.18. The molecule has 128 valence electrons. The van der Waals surface area contributed by atoms with Crippen LogP contribution in [0.3, 0.4) is 0 Å². The standard InChI is InChI=1S/C16H15Cl2N3O2.ClH/c17-14-7-11(8-15(18)21-14)16(22)20-12-3-1-10(2-4-12)13-9-19-5-6-23-13;/h1-4,7-8,13,19H,5-6,9H2,(H,20,22);1H/t13-;/m1./s1. The molecule has 0 aliphatic carbocycles. The van der Waals surface area contributed by atoms with Gasteiger partial charge in [0.15, 0.2) is 0 Å². The molecule has 24 heavy (non-hydrogen) atoms. The van der Waals surface area contributed by atoms with Gasteiger partial charge in [-0.25, -0.2) is 4.98 Å². The Hall–Kier alpha value is -1.37. The molecule has 0 bridgehead atoms. The van der Waals surface area contributed by atoms with Crippen molar-refractivity contribution in [3.8, 4) is 0 Å². The summed E-state index contributed by atoms with van der Waals surface area (Å²) < 4.78 is 5.69. The minimum atomic E-state index is -0.292. The van der Waals surface area contributed by atoms with Gasteiger partial charge in [-0.05, 0) is 29.8 Å². The van der Waals surface area contributed by atoms with E-state index in [2.05, 4.69) is 15.6 Å². The molecule has 0 unspecified atom stereocenters. The lowest BCUT2D eigenvalue weighted by Gasteiger charge is -2.24. The van der Waals surface area contributed by atoms with Gasteiger partial charge < -0.3 is 15.4 Å². The molecule has 1 aliphatic heterocycles. The Morgan fingerprint density at radius 2 is 1.88 bits per heavy atom. The molecule has 1 atom stereocenters. The maximum absolute atomic E-state index is 12.2. The number of nitrogens with zero attached hydrogens (tertiary/aromatic N) is 1. The van der Waals surface area contributed by atoms with Crippen LogP contribution in [0.2, 0.25) is 10.3 Å². The second-order valence-electron chi connectivity index (χ2n) is 5.14. The van der Waals surface area contributed by atoms with Crippen LogP contribution in [0, 0.1) is 0 Å². The normalized spacial score (nSPS) is 17.0. The number of hydrogen-bond donors (Lipinski definition) is 2. The molecule has 1 aromatic heterocycles. The van der Waals surface area contributed by atoms with Gasteiger partial charge in [-0.15, -0.1) is 12.4 Å². The second kappa shape index (κ2) is 8.65. The number of anilines is 1. The van der Waals surface area contributed by atoms with Crippen molar-refractivity contribution in [3.05, 3.63) is 57.8 Å². The molecule has 1 amide bonds. The predicted octanol–water partition coefficient (Wildman–Crippen LogP) is 3.72. The first-order valence-corrected chi connectivity index (χ1v) is 7.94. The van der Waals surface area contributed by atoms with Crippen molar-refractivity contribution >= 4 is 47.2 Å². The van der Waals surface area contributed by atoms with Gasteiger partial charge in [0.1, 0.15) is 10.3 Å². The average molecular weight is 389 g/mol. The molecular weight excluding hydrogens is 373 g/mol. The molecule has 5 nitrogen and oxygen atoms in total. The highest BCUT2D eigenvalue weighted by Gasteiger charge is 2.15. The maximum Gasteiger partial charge on any atom is 0.255 e. The largest absolute Gasteiger partial charge is 0.371 e. The minimum absolute atomic E-state index is 0. The number of hydrogen-bond acceptors (Lipinski definition) is 4. The van der Waals surface area contributed by atoms with Gasteiger partial charge in [0, 0.05) is 24.3 Å². The van der Waals surface area contributed by atoms with E-state index in [1.54, 1.807) is 0 Å². The molecular formula is C16H16Cl3N3O2.